The number of benzene rings is 2. The molecule has 0 aromatic heterocycles. The van der Waals surface area contributed by atoms with Crippen LogP contribution in [-0.2, 0) is 9.63 Å². The number of hydroxylamine groups is 1. The Morgan fingerprint density at radius 2 is 1.88 bits per heavy atom. The van der Waals surface area contributed by atoms with E-state index in [4.69, 9.17) is 9.57 Å². The highest BCUT2D eigenvalue weighted by Crippen LogP contribution is 2.32. The maximum atomic E-state index is 12.5. The van der Waals surface area contributed by atoms with E-state index < -0.39 is 12.1 Å². The number of para-hydroxylation sites is 2. The van der Waals surface area contributed by atoms with Gasteiger partial charge >= 0.3 is 6.36 Å². The summed E-state index contributed by atoms with van der Waals surface area (Å²) in [6, 6.07) is 12.6. The number of amides is 1. The first-order valence-corrected chi connectivity index (χ1v) is 10.3. The molecule has 0 bridgehead atoms. The molecule has 0 saturated carbocycles. The molecule has 2 aromatic carbocycles. The molecule has 2 heterocycles. The van der Waals surface area contributed by atoms with E-state index in [1.807, 2.05) is 17.0 Å². The topological polar surface area (TPSA) is 84.4 Å². The van der Waals surface area contributed by atoms with Crippen LogP contribution in [0.15, 0.2) is 53.5 Å². The number of carbonyl (C=O) groups excluding carboxylic acids is 1. The summed E-state index contributed by atoms with van der Waals surface area (Å²) in [6.07, 6.45) is -3.63. The summed E-state index contributed by atoms with van der Waals surface area (Å²) in [4.78, 5) is 24.8. The second-order valence-corrected chi connectivity index (χ2v) is 7.71. The molecule has 2 aliphatic heterocycles. The number of halogens is 3. The molecule has 2 aliphatic rings. The Hall–Kier alpha value is -3.31. The molecule has 11 heteroatoms. The van der Waals surface area contributed by atoms with Gasteiger partial charge in [-0.25, -0.2) is 15.3 Å². The van der Waals surface area contributed by atoms with Gasteiger partial charge in [0, 0.05) is 31.5 Å². The van der Waals surface area contributed by atoms with Gasteiger partial charge in [0.05, 0.1) is 19.3 Å². The molecule has 2 aromatic rings. The van der Waals surface area contributed by atoms with Gasteiger partial charge in [0.1, 0.15) is 11.5 Å². The minimum Gasteiger partial charge on any atom is -0.495 e. The van der Waals surface area contributed by atoms with E-state index in [9.17, 15) is 18.0 Å². The molecular weight excluding hydrogens is 441 g/mol. The number of alkyl halides is 3. The van der Waals surface area contributed by atoms with Gasteiger partial charge in [0.25, 0.3) is 0 Å². The second-order valence-electron chi connectivity index (χ2n) is 7.71. The highest BCUT2D eigenvalue weighted by molar-refractivity contribution is 5.99. The molecule has 0 atom stereocenters. The van der Waals surface area contributed by atoms with Crippen molar-refractivity contribution in [3.8, 4) is 11.5 Å². The molecule has 0 aliphatic carbocycles. The normalized spacial score (nSPS) is 17.9. The Labute approximate surface area is 188 Å². The second kappa shape index (κ2) is 9.28. The van der Waals surface area contributed by atoms with Crippen LogP contribution in [0.5, 0.6) is 11.5 Å². The summed E-state index contributed by atoms with van der Waals surface area (Å²) < 4.78 is 46.1. The minimum absolute atomic E-state index is 0.147. The van der Waals surface area contributed by atoms with E-state index in [0.717, 1.165) is 0 Å². The highest BCUT2D eigenvalue weighted by Gasteiger charge is 2.40. The van der Waals surface area contributed by atoms with E-state index in [0.29, 0.717) is 48.8 Å². The van der Waals surface area contributed by atoms with Crippen molar-refractivity contribution in [2.45, 2.75) is 24.9 Å². The third-order valence-corrected chi connectivity index (χ3v) is 5.40. The average Bonchev–Trinajstić information content (AvgIpc) is 3.19. The van der Waals surface area contributed by atoms with Gasteiger partial charge in [-0.15, -0.1) is 13.2 Å². The molecule has 1 spiro atoms. The number of hydrogen-bond acceptors (Lipinski definition) is 7. The molecule has 4 rings (SSSR count). The summed E-state index contributed by atoms with van der Waals surface area (Å²) in [7, 11) is 1.55. The number of amidine groups is 1. The Morgan fingerprint density at radius 3 is 2.55 bits per heavy atom. The SMILES string of the molecule is COc1ccccc1NC(=O)CN1CCC2(CC1)N=C(c1ccc(OC(F)(F)F)cc1)NO2. The van der Waals surface area contributed by atoms with E-state index in [1.54, 1.807) is 19.2 Å². The zero-order valence-electron chi connectivity index (χ0n) is 17.8. The quantitative estimate of drug-likeness (QED) is 0.683. The number of likely N-dealkylation sites (tertiary alicyclic amines) is 1. The zero-order chi connectivity index (χ0) is 23.5. The lowest BCUT2D eigenvalue weighted by atomic mass is 10.0. The van der Waals surface area contributed by atoms with Crippen molar-refractivity contribution in [3.63, 3.8) is 0 Å². The molecule has 0 radical (unpaired) electrons. The summed E-state index contributed by atoms with van der Waals surface area (Å²) in [6.45, 7) is 1.41. The number of nitrogens with one attached hydrogen (secondary N) is 2. The first-order valence-electron chi connectivity index (χ1n) is 10.3. The van der Waals surface area contributed by atoms with Crippen LogP contribution in [0.4, 0.5) is 18.9 Å². The lowest BCUT2D eigenvalue weighted by molar-refractivity contribution is -0.274. The van der Waals surface area contributed by atoms with Crippen LogP contribution in [0.25, 0.3) is 0 Å². The van der Waals surface area contributed by atoms with Crippen LogP contribution in [0.3, 0.4) is 0 Å². The number of ether oxygens (including phenoxy) is 2. The largest absolute Gasteiger partial charge is 0.573 e. The smallest absolute Gasteiger partial charge is 0.495 e. The number of anilines is 1. The van der Waals surface area contributed by atoms with E-state index in [-0.39, 0.29) is 18.2 Å². The number of hydrogen-bond donors (Lipinski definition) is 2. The Kier molecular flexibility index (Phi) is 6.43. The zero-order valence-corrected chi connectivity index (χ0v) is 17.8. The number of carbonyl (C=O) groups is 1. The lowest BCUT2D eigenvalue weighted by Gasteiger charge is -2.35. The fraction of sp³-hybridized carbons (Fsp3) is 0.364. The van der Waals surface area contributed by atoms with Crippen LogP contribution in [-0.4, -0.2) is 55.5 Å². The molecule has 8 nitrogen and oxygen atoms in total. The van der Waals surface area contributed by atoms with Crippen molar-refractivity contribution in [3.05, 3.63) is 54.1 Å². The Balaban J connectivity index is 1.31. The summed E-state index contributed by atoms with van der Waals surface area (Å²) >= 11 is 0. The van der Waals surface area contributed by atoms with E-state index in [2.05, 4.69) is 20.5 Å². The number of piperidine rings is 1. The Bertz CT molecular complexity index is 1020. The molecular formula is C22H23F3N4O4. The van der Waals surface area contributed by atoms with Crippen molar-refractivity contribution in [1.82, 2.24) is 10.4 Å². The molecule has 1 fully saturated rings. The van der Waals surface area contributed by atoms with Gasteiger partial charge in [-0.3, -0.25) is 9.69 Å². The van der Waals surface area contributed by atoms with Crippen LogP contribution in [0, 0.1) is 0 Å². The highest BCUT2D eigenvalue weighted by atomic mass is 19.4. The predicted molar refractivity (Wildman–Crippen MR) is 114 cm³/mol. The molecule has 33 heavy (non-hydrogen) atoms. The van der Waals surface area contributed by atoms with Gasteiger partial charge in [-0.1, -0.05) is 12.1 Å². The van der Waals surface area contributed by atoms with Crippen LogP contribution < -0.4 is 20.3 Å². The first kappa shape index (κ1) is 22.9. The van der Waals surface area contributed by atoms with Crippen LogP contribution >= 0.6 is 0 Å². The van der Waals surface area contributed by atoms with E-state index >= 15 is 0 Å². The molecule has 1 amide bonds. The maximum absolute atomic E-state index is 12.5. The van der Waals surface area contributed by atoms with Gasteiger partial charge in [0.2, 0.25) is 5.91 Å². The molecule has 1 saturated heterocycles. The maximum Gasteiger partial charge on any atom is 0.573 e. The summed E-state index contributed by atoms with van der Waals surface area (Å²) in [5.74, 6) is 0.580. The van der Waals surface area contributed by atoms with E-state index in [1.165, 1.54) is 24.3 Å². The predicted octanol–water partition coefficient (Wildman–Crippen LogP) is 3.31. The first-order chi connectivity index (χ1) is 15.8. The molecule has 176 valence electrons. The Morgan fingerprint density at radius 1 is 1.18 bits per heavy atom. The van der Waals surface area contributed by atoms with Crippen molar-refractivity contribution in [1.29, 1.82) is 0 Å². The average molecular weight is 464 g/mol. The molecule has 0 unspecified atom stereocenters. The summed E-state index contributed by atoms with van der Waals surface area (Å²) in [5, 5.41) is 2.86. The number of methoxy groups -OCH3 is 1. The van der Waals surface area contributed by atoms with Crippen molar-refractivity contribution >= 4 is 17.4 Å². The monoisotopic (exact) mass is 464 g/mol. The number of aliphatic imine (C=N–C) groups is 1. The fourth-order valence-corrected chi connectivity index (χ4v) is 3.75. The third kappa shape index (κ3) is 5.74. The lowest BCUT2D eigenvalue weighted by Crippen LogP contribution is -2.46. The standard InChI is InChI=1S/C22H23F3N4O4/c1-31-18-5-3-2-4-17(18)26-19(30)14-29-12-10-21(11-13-29)27-20(28-33-21)15-6-8-16(9-7-15)32-22(23,24)25/h2-9H,10-14H2,1H3,(H,26,30)(H,27,28). The fourth-order valence-electron chi connectivity index (χ4n) is 3.75. The minimum atomic E-state index is -4.74. The van der Waals surface area contributed by atoms with Gasteiger partial charge in [-0.05, 0) is 36.4 Å². The number of rotatable bonds is 6. The summed E-state index contributed by atoms with van der Waals surface area (Å²) in [5.41, 5.74) is 3.20. The van der Waals surface area contributed by atoms with Gasteiger partial charge < -0.3 is 14.8 Å². The van der Waals surface area contributed by atoms with Crippen LogP contribution in [0.1, 0.15) is 18.4 Å². The van der Waals surface area contributed by atoms with Gasteiger partial charge in [-0.2, -0.15) is 0 Å². The molecule has 2 N–H and O–H groups in total. The van der Waals surface area contributed by atoms with Crippen LogP contribution in [0.2, 0.25) is 0 Å². The number of nitrogens with zero attached hydrogens (tertiary/aromatic N) is 2. The third-order valence-electron chi connectivity index (χ3n) is 5.40. The van der Waals surface area contributed by atoms with Crippen molar-refractivity contribution < 1.29 is 32.3 Å². The van der Waals surface area contributed by atoms with Crippen molar-refractivity contribution in [2.24, 2.45) is 4.99 Å². The van der Waals surface area contributed by atoms with Crippen molar-refractivity contribution in [2.75, 3.05) is 32.1 Å². The van der Waals surface area contributed by atoms with Gasteiger partial charge in [0.15, 0.2) is 11.6 Å².